The molecule has 0 radical (unpaired) electrons. The molecule has 0 atom stereocenters. The van der Waals surface area contributed by atoms with Gasteiger partial charge in [-0.05, 0) is 51.9 Å². The van der Waals surface area contributed by atoms with E-state index in [-0.39, 0.29) is 5.60 Å². The SMILES string of the molecule is CCOC1(c2nc3c(c(NN)n2)CCC3)CCCC1. The topological polar surface area (TPSA) is 73.1 Å². The molecule has 5 heteroatoms. The Kier molecular flexibility index (Phi) is 3.41. The van der Waals surface area contributed by atoms with Gasteiger partial charge in [-0.2, -0.15) is 0 Å². The number of fused-ring (bicyclic) bond motifs is 1. The molecule has 1 heterocycles. The molecular weight excluding hydrogens is 240 g/mol. The number of rotatable bonds is 4. The second-order valence-electron chi connectivity index (χ2n) is 5.45. The van der Waals surface area contributed by atoms with E-state index in [1.165, 1.54) is 18.4 Å². The summed E-state index contributed by atoms with van der Waals surface area (Å²) in [7, 11) is 0. The Morgan fingerprint density at radius 2 is 2.00 bits per heavy atom. The predicted octanol–water partition coefficient (Wildman–Crippen LogP) is 2.06. The minimum Gasteiger partial charge on any atom is -0.367 e. The Balaban J connectivity index is 2.04. The van der Waals surface area contributed by atoms with E-state index < -0.39 is 0 Å². The normalized spacial score (nSPS) is 20.5. The summed E-state index contributed by atoms with van der Waals surface area (Å²) in [4.78, 5) is 9.47. The van der Waals surface area contributed by atoms with Gasteiger partial charge < -0.3 is 10.2 Å². The van der Waals surface area contributed by atoms with E-state index in [2.05, 4.69) is 10.4 Å². The van der Waals surface area contributed by atoms with Gasteiger partial charge in [0, 0.05) is 17.9 Å². The minimum absolute atomic E-state index is 0.280. The van der Waals surface area contributed by atoms with Crippen LogP contribution in [0.2, 0.25) is 0 Å². The predicted molar refractivity (Wildman–Crippen MR) is 73.6 cm³/mol. The van der Waals surface area contributed by atoms with E-state index in [9.17, 15) is 0 Å². The van der Waals surface area contributed by atoms with Crippen LogP contribution >= 0.6 is 0 Å². The monoisotopic (exact) mass is 262 g/mol. The Labute approximate surface area is 113 Å². The lowest BCUT2D eigenvalue weighted by molar-refractivity contribution is -0.0457. The van der Waals surface area contributed by atoms with Crippen LogP contribution in [0.25, 0.3) is 0 Å². The molecule has 0 spiro atoms. The van der Waals surface area contributed by atoms with E-state index in [0.29, 0.717) is 6.61 Å². The van der Waals surface area contributed by atoms with Gasteiger partial charge >= 0.3 is 0 Å². The second kappa shape index (κ2) is 5.06. The Morgan fingerprint density at radius 3 is 2.68 bits per heavy atom. The molecule has 2 aliphatic carbocycles. The number of nitrogen functional groups attached to an aromatic ring is 1. The smallest absolute Gasteiger partial charge is 0.162 e. The first-order valence-electron chi connectivity index (χ1n) is 7.30. The molecule has 19 heavy (non-hydrogen) atoms. The number of hydrazine groups is 1. The lowest BCUT2D eigenvalue weighted by atomic mass is 10.0. The standard InChI is InChI=1S/C14H22N4O/c1-2-19-14(8-3-4-9-14)13-16-11-7-5-6-10(11)12(17-13)18-15/h2-9,15H2,1H3,(H,16,17,18). The second-order valence-corrected chi connectivity index (χ2v) is 5.45. The summed E-state index contributed by atoms with van der Waals surface area (Å²) in [6.07, 6.45) is 7.60. The average Bonchev–Trinajstić information content (AvgIpc) is 3.06. The number of nitrogens with two attached hydrogens (primary N) is 1. The molecule has 2 aliphatic rings. The molecule has 0 bridgehead atoms. The van der Waals surface area contributed by atoms with Crippen LogP contribution < -0.4 is 11.3 Å². The van der Waals surface area contributed by atoms with Crippen LogP contribution in [-0.2, 0) is 23.2 Å². The van der Waals surface area contributed by atoms with Crippen LogP contribution in [0, 0.1) is 0 Å². The highest BCUT2D eigenvalue weighted by atomic mass is 16.5. The summed E-state index contributed by atoms with van der Waals surface area (Å²) in [5.74, 6) is 7.26. The number of ether oxygens (including phenoxy) is 1. The first kappa shape index (κ1) is 12.8. The Morgan fingerprint density at radius 1 is 1.21 bits per heavy atom. The highest BCUT2D eigenvalue weighted by Crippen LogP contribution is 2.41. The maximum atomic E-state index is 6.04. The zero-order chi connectivity index (χ0) is 13.3. The molecule has 0 unspecified atom stereocenters. The zero-order valence-electron chi connectivity index (χ0n) is 11.5. The zero-order valence-corrected chi connectivity index (χ0v) is 11.5. The van der Waals surface area contributed by atoms with Gasteiger partial charge in [-0.1, -0.05) is 0 Å². The van der Waals surface area contributed by atoms with Gasteiger partial charge in [0.25, 0.3) is 0 Å². The van der Waals surface area contributed by atoms with Crippen LogP contribution in [0.1, 0.15) is 56.1 Å². The minimum atomic E-state index is -0.280. The third kappa shape index (κ3) is 2.11. The molecule has 1 saturated carbocycles. The summed E-state index contributed by atoms with van der Waals surface area (Å²) < 4.78 is 6.04. The molecule has 5 nitrogen and oxygen atoms in total. The molecular formula is C14H22N4O. The van der Waals surface area contributed by atoms with Crippen molar-refractivity contribution in [2.45, 2.75) is 57.5 Å². The Hall–Kier alpha value is -1.20. The van der Waals surface area contributed by atoms with Gasteiger partial charge in [0.05, 0.1) is 0 Å². The van der Waals surface area contributed by atoms with Crippen molar-refractivity contribution in [1.29, 1.82) is 0 Å². The summed E-state index contributed by atoms with van der Waals surface area (Å²) >= 11 is 0. The van der Waals surface area contributed by atoms with Gasteiger partial charge in [-0.25, -0.2) is 15.8 Å². The number of hydrogen-bond acceptors (Lipinski definition) is 5. The first-order valence-corrected chi connectivity index (χ1v) is 7.30. The number of nitrogens with zero attached hydrogens (tertiary/aromatic N) is 2. The molecule has 3 rings (SSSR count). The number of anilines is 1. The molecule has 1 fully saturated rings. The van der Waals surface area contributed by atoms with Gasteiger partial charge in [0.1, 0.15) is 11.4 Å². The van der Waals surface area contributed by atoms with Gasteiger partial charge in [0.2, 0.25) is 0 Å². The van der Waals surface area contributed by atoms with E-state index in [1.807, 2.05) is 6.92 Å². The van der Waals surface area contributed by atoms with E-state index in [0.717, 1.165) is 49.4 Å². The van der Waals surface area contributed by atoms with Crippen molar-refractivity contribution in [2.24, 2.45) is 5.84 Å². The van der Waals surface area contributed by atoms with Crippen molar-refractivity contribution >= 4 is 5.82 Å². The summed E-state index contributed by atoms with van der Waals surface area (Å²) in [5.41, 5.74) is 4.81. The van der Waals surface area contributed by atoms with Crippen molar-refractivity contribution in [3.05, 3.63) is 17.1 Å². The molecule has 1 aromatic rings. The molecule has 0 aliphatic heterocycles. The van der Waals surface area contributed by atoms with Crippen molar-refractivity contribution in [3.63, 3.8) is 0 Å². The maximum Gasteiger partial charge on any atom is 0.162 e. The van der Waals surface area contributed by atoms with E-state index in [1.54, 1.807) is 0 Å². The molecule has 0 aromatic carbocycles. The Bertz CT molecular complexity index is 469. The summed E-state index contributed by atoms with van der Waals surface area (Å²) in [6, 6.07) is 0. The number of hydrogen-bond donors (Lipinski definition) is 2. The van der Waals surface area contributed by atoms with Gasteiger partial charge in [-0.15, -0.1) is 0 Å². The molecule has 104 valence electrons. The number of aromatic nitrogens is 2. The van der Waals surface area contributed by atoms with E-state index in [4.69, 9.17) is 15.6 Å². The molecule has 0 amide bonds. The van der Waals surface area contributed by atoms with Crippen LogP contribution in [0.4, 0.5) is 5.82 Å². The quantitative estimate of drug-likeness (QED) is 0.642. The maximum absolute atomic E-state index is 6.04. The van der Waals surface area contributed by atoms with Crippen molar-refractivity contribution < 1.29 is 4.74 Å². The van der Waals surface area contributed by atoms with Crippen LogP contribution in [0.5, 0.6) is 0 Å². The third-order valence-electron chi connectivity index (χ3n) is 4.31. The van der Waals surface area contributed by atoms with E-state index >= 15 is 0 Å². The molecule has 3 N–H and O–H groups in total. The third-order valence-corrected chi connectivity index (χ3v) is 4.31. The first-order chi connectivity index (χ1) is 9.29. The molecule has 1 aromatic heterocycles. The fourth-order valence-electron chi connectivity index (χ4n) is 3.41. The number of nitrogens with one attached hydrogen (secondary N) is 1. The highest BCUT2D eigenvalue weighted by Gasteiger charge is 2.40. The molecule has 0 saturated heterocycles. The number of aryl methyl sites for hydroxylation is 1. The van der Waals surface area contributed by atoms with Crippen molar-refractivity contribution in [2.75, 3.05) is 12.0 Å². The summed E-state index contributed by atoms with van der Waals surface area (Å²) in [5, 5.41) is 0. The fourth-order valence-corrected chi connectivity index (χ4v) is 3.41. The lowest BCUT2D eigenvalue weighted by Gasteiger charge is -2.28. The van der Waals surface area contributed by atoms with Gasteiger partial charge in [-0.3, -0.25) is 0 Å². The van der Waals surface area contributed by atoms with Crippen LogP contribution in [0.15, 0.2) is 0 Å². The highest BCUT2D eigenvalue weighted by molar-refractivity contribution is 5.48. The average molecular weight is 262 g/mol. The largest absolute Gasteiger partial charge is 0.367 e. The lowest BCUT2D eigenvalue weighted by Crippen LogP contribution is -2.30. The van der Waals surface area contributed by atoms with Crippen molar-refractivity contribution in [3.8, 4) is 0 Å². The van der Waals surface area contributed by atoms with Crippen LogP contribution in [0.3, 0.4) is 0 Å². The van der Waals surface area contributed by atoms with Crippen LogP contribution in [-0.4, -0.2) is 16.6 Å². The van der Waals surface area contributed by atoms with Crippen molar-refractivity contribution in [1.82, 2.24) is 9.97 Å². The van der Waals surface area contributed by atoms with Gasteiger partial charge in [0.15, 0.2) is 5.82 Å². The fraction of sp³-hybridized carbons (Fsp3) is 0.714. The summed E-state index contributed by atoms with van der Waals surface area (Å²) in [6.45, 7) is 2.74.